The molecule has 5 heteroatoms. The lowest BCUT2D eigenvalue weighted by molar-refractivity contribution is -0.138. The minimum atomic E-state index is -0.972. The van der Waals surface area contributed by atoms with Gasteiger partial charge in [0.1, 0.15) is 6.04 Å². The third-order valence-corrected chi connectivity index (χ3v) is 1.67. The van der Waals surface area contributed by atoms with Crippen molar-refractivity contribution in [2.45, 2.75) is 25.8 Å². The molecule has 0 radical (unpaired) electrons. The highest BCUT2D eigenvalue weighted by molar-refractivity contribution is 5.73. The van der Waals surface area contributed by atoms with Gasteiger partial charge in [0.15, 0.2) is 0 Å². The molecular formula is C9H20N2O3. The Morgan fingerprint density at radius 2 is 2.29 bits per heavy atom. The molecule has 84 valence electrons. The van der Waals surface area contributed by atoms with Crippen LogP contribution in [0.3, 0.4) is 0 Å². The van der Waals surface area contributed by atoms with Crippen molar-refractivity contribution in [2.75, 3.05) is 26.3 Å². The van der Waals surface area contributed by atoms with Crippen LogP contribution in [0.4, 0.5) is 0 Å². The van der Waals surface area contributed by atoms with Crippen LogP contribution in [0.15, 0.2) is 0 Å². The highest BCUT2D eigenvalue weighted by atomic mass is 16.5. The zero-order valence-electron chi connectivity index (χ0n) is 8.66. The smallest absolute Gasteiger partial charge is 0.321 e. The molecule has 0 aliphatic carbocycles. The largest absolute Gasteiger partial charge is 0.480 e. The van der Waals surface area contributed by atoms with E-state index in [-0.39, 0.29) is 0 Å². The van der Waals surface area contributed by atoms with Crippen LogP contribution in [0.2, 0.25) is 0 Å². The summed E-state index contributed by atoms with van der Waals surface area (Å²) < 4.78 is 5.25. The van der Waals surface area contributed by atoms with Crippen molar-refractivity contribution in [3.8, 4) is 0 Å². The van der Waals surface area contributed by atoms with Crippen LogP contribution in [-0.4, -0.2) is 43.4 Å². The van der Waals surface area contributed by atoms with E-state index in [2.05, 4.69) is 12.2 Å². The van der Waals surface area contributed by atoms with Crippen molar-refractivity contribution in [1.82, 2.24) is 5.32 Å². The molecule has 4 N–H and O–H groups in total. The first-order valence-electron chi connectivity index (χ1n) is 4.95. The minimum Gasteiger partial charge on any atom is -0.480 e. The van der Waals surface area contributed by atoms with Crippen LogP contribution in [0.5, 0.6) is 0 Å². The Morgan fingerprint density at radius 1 is 1.57 bits per heavy atom. The van der Waals surface area contributed by atoms with Gasteiger partial charge in [-0.3, -0.25) is 4.79 Å². The zero-order chi connectivity index (χ0) is 10.8. The van der Waals surface area contributed by atoms with Crippen molar-refractivity contribution in [3.05, 3.63) is 0 Å². The Bertz CT molecular complexity index is 153. The molecule has 1 unspecified atom stereocenters. The summed E-state index contributed by atoms with van der Waals surface area (Å²) >= 11 is 0. The summed E-state index contributed by atoms with van der Waals surface area (Å²) in [6.45, 7) is 4.61. The quantitative estimate of drug-likeness (QED) is 0.453. The first-order valence-corrected chi connectivity index (χ1v) is 4.95. The second-order valence-corrected chi connectivity index (χ2v) is 3.11. The number of hydrogen-bond acceptors (Lipinski definition) is 4. The number of rotatable bonds is 9. The topological polar surface area (TPSA) is 84.6 Å². The van der Waals surface area contributed by atoms with Gasteiger partial charge >= 0.3 is 5.97 Å². The molecule has 0 aromatic carbocycles. The summed E-state index contributed by atoms with van der Waals surface area (Å²) in [5.41, 5.74) is 5.29. The normalized spacial score (nSPS) is 12.7. The van der Waals surface area contributed by atoms with Crippen molar-refractivity contribution < 1.29 is 14.6 Å². The number of carboxylic acid groups (broad SMARTS) is 1. The number of hydrogen-bond donors (Lipinski definition) is 3. The zero-order valence-corrected chi connectivity index (χ0v) is 8.66. The van der Waals surface area contributed by atoms with Gasteiger partial charge < -0.3 is 20.9 Å². The molecular weight excluding hydrogens is 184 g/mol. The van der Waals surface area contributed by atoms with Crippen molar-refractivity contribution >= 4 is 5.97 Å². The summed E-state index contributed by atoms with van der Waals surface area (Å²) in [7, 11) is 0. The lowest BCUT2D eigenvalue weighted by Crippen LogP contribution is -2.40. The van der Waals surface area contributed by atoms with E-state index >= 15 is 0 Å². The molecule has 0 saturated heterocycles. The van der Waals surface area contributed by atoms with Crippen molar-refractivity contribution in [3.63, 3.8) is 0 Å². The summed E-state index contributed by atoms with van der Waals surface area (Å²) in [6.07, 6.45) is 1.91. The maximum Gasteiger partial charge on any atom is 0.321 e. The van der Waals surface area contributed by atoms with Gasteiger partial charge in [-0.25, -0.2) is 0 Å². The molecule has 0 rings (SSSR count). The summed E-state index contributed by atoms with van der Waals surface area (Å²) in [5.74, 6) is -0.972. The van der Waals surface area contributed by atoms with Crippen LogP contribution in [0.25, 0.3) is 0 Å². The van der Waals surface area contributed by atoms with Crippen LogP contribution in [-0.2, 0) is 9.53 Å². The molecule has 0 fully saturated rings. The number of ether oxygens (including phenoxy) is 1. The fraction of sp³-hybridized carbons (Fsp3) is 0.889. The van der Waals surface area contributed by atoms with E-state index in [1.807, 2.05) is 0 Å². The highest BCUT2D eigenvalue weighted by Crippen LogP contribution is 1.84. The SMILES string of the molecule is CCCOCCCNCC(N)C(=O)O. The Kier molecular flexibility index (Phi) is 8.51. The molecule has 0 spiro atoms. The first kappa shape index (κ1) is 13.4. The molecule has 0 aromatic heterocycles. The standard InChI is InChI=1S/C9H20N2O3/c1-2-5-14-6-3-4-11-7-8(10)9(12)13/h8,11H,2-7,10H2,1H3,(H,12,13). The maximum atomic E-state index is 10.3. The number of nitrogens with one attached hydrogen (secondary N) is 1. The van der Waals surface area contributed by atoms with Gasteiger partial charge in [-0.05, 0) is 19.4 Å². The van der Waals surface area contributed by atoms with Crippen LogP contribution in [0.1, 0.15) is 19.8 Å². The monoisotopic (exact) mass is 204 g/mol. The molecule has 0 bridgehead atoms. The van der Waals surface area contributed by atoms with Gasteiger partial charge in [-0.15, -0.1) is 0 Å². The van der Waals surface area contributed by atoms with E-state index in [4.69, 9.17) is 15.6 Å². The van der Waals surface area contributed by atoms with Crippen LogP contribution >= 0.6 is 0 Å². The van der Waals surface area contributed by atoms with E-state index < -0.39 is 12.0 Å². The van der Waals surface area contributed by atoms with Gasteiger partial charge in [0.2, 0.25) is 0 Å². The molecule has 14 heavy (non-hydrogen) atoms. The Hall–Kier alpha value is -0.650. The van der Waals surface area contributed by atoms with Crippen molar-refractivity contribution in [2.24, 2.45) is 5.73 Å². The molecule has 0 aliphatic heterocycles. The predicted octanol–water partition coefficient (Wildman–Crippen LogP) is -0.195. The first-order chi connectivity index (χ1) is 6.68. The molecule has 5 nitrogen and oxygen atoms in total. The second-order valence-electron chi connectivity index (χ2n) is 3.11. The fourth-order valence-corrected chi connectivity index (χ4v) is 0.891. The molecule has 1 atom stereocenters. The average Bonchev–Trinajstić information content (AvgIpc) is 2.16. The average molecular weight is 204 g/mol. The second kappa shape index (κ2) is 8.93. The molecule has 0 saturated carbocycles. The Labute approximate surface area is 84.6 Å². The van der Waals surface area contributed by atoms with E-state index in [9.17, 15) is 4.79 Å². The van der Waals surface area contributed by atoms with Crippen molar-refractivity contribution in [1.29, 1.82) is 0 Å². The number of aliphatic carboxylic acids is 1. The Balaban J connectivity index is 3.09. The molecule has 0 amide bonds. The van der Waals surface area contributed by atoms with Gasteiger partial charge in [-0.2, -0.15) is 0 Å². The van der Waals surface area contributed by atoms with Crippen LogP contribution < -0.4 is 11.1 Å². The fourth-order valence-electron chi connectivity index (χ4n) is 0.891. The molecule has 0 aromatic rings. The predicted molar refractivity (Wildman–Crippen MR) is 54.2 cm³/mol. The van der Waals surface area contributed by atoms with E-state index in [0.29, 0.717) is 13.2 Å². The van der Waals surface area contributed by atoms with Crippen LogP contribution in [0, 0.1) is 0 Å². The van der Waals surface area contributed by atoms with Gasteiger partial charge in [0.05, 0.1) is 0 Å². The van der Waals surface area contributed by atoms with E-state index in [1.54, 1.807) is 0 Å². The van der Waals surface area contributed by atoms with E-state index in [0.717, 1.165) is 26.0 Å². The number of carbonyl (C=O) groups is 1. The summed E-state index contributed by atoms with van der Waals surface area (Å²) in [5, 5.41) is 11.4. The van der Waals surface area contributed by atoms with Gasteiger partial charge in [0.25, 0.3) is 0 Å². The van der Waals surface area contributed by atoms with Gasteiger partial charge in [0, 0.05) is 19.8 Å². The third kappa shape index (κ3) is 7.97. The maximum absolute atomic E-state index is 10.3. The summed E-state index contributed by atoms with van der Waals surface area (Å²) in [6, 6.07) is -0.813. The Morgan fingerprint density at radius 3 is 2.86 bits per heavy atom. The number of carboxylic acids is 1. The third-order valence-electron chi connectivity index (χ3n) is 1.67. The lowest BCUT2D eigenvalue weighted by Gasteiger charge is -2.08. The highest BCUT2D eigenvalue weighted by Gasteiger charge is 2.09. The summed E-state index contributed by atoms with van der Waals surface area (Å²) in [4.78, 5) is 10.3. The molecule has 0 heterocycles. The number of nitrogens with two attached hydrogens (primary N) is 1. The minimum absolute atomic E-state index is 0.309. The van der Waals surface area contributed by atoms with Gasteiger partial charge in [-0.1, -0.05) is 6.92 Å². The van der Waals surface area contributed by atoms with E-state index in [1.165, 1.54) is 0 Å². The lowest BCUT2D eigenvalue weighted by atomic mass is 10.3. The molecule has 0 aliphatic rings.